The number of carbonyl (C=O) groups is 2. The Morgan fingerprint density at radius 2 is 1.83 bits per heavy atom. The van der Waals surface area contributed by atoms with Gasteiger partial charge in [-0.2, -0.15) is 0 Å². The first-order valence-corrected chi connectivity index (χ1v) is 11.9. The van der Waals surface area contributed by atoms with Gasteiger partial charge in [0.2, 0.25) is 11.8 Å². The van der Waals surface area contributed by atoms with Gasteiger partial charge in [-0.05, 0) is 35.7 Å². The Bertz CT molecular complexity index is 1190. The van der Waals surface area contributed by atoms with E-state index in [0.717, 1.165) is 17.7 Å². The summed E-state index contributed by atoms with van der Waals surface area (Å²) in [7, 11) is 1.52. The van der Waals surface area contributed by atoms with E-state index in [4.69, 9.17) is 21.1 Å². The lowest BCUT2D eigenvalue weighted by atomic mass is 10.1. The number of nitrogens with zero attached hydrogens (tertiary/aromatic N) is 1. The van der Waals surface area contributed by atoms with Crippen molar-refractivity contribution in [1.29, 1.82) is 0 Å². The fraction of sp³-hybridized carbons (Fsp3) is 0.259. The van der Waals surface area contributed by atoms with Gasteiger partial charge in [-0.15, -0.1) is 0 Å². The second-order valence-corrected chi connectivity index (χ2v) is 8.71. The van der Waals surface area contributed by atoms with Gasteiger partial charge in [0, 0.05) is 24.7 Å². The summed E-state index contributed by atoms with van der Waals surface area (Å²) in [5, 5.41) is 0.342. The Morgan fingerprint density at radius 1 is 1.09 bits per heavy atom. The normalized spacial score (nSPS) is 15.1. The van der Waals surface area contributed by atoms with Crippen molar-refractivity contribution in [1.82, 2.24) is 5.43 Å². The zero-order valence-corrected chi connectivity index (χ0v) is 20.5. The second-order valence-electron chi connectivity index (χ2n) is 8.30. The highest BCUT2D eigenvalue weighted by molar-refractivity contribution is 6.32. The van der Waals surface area contributed by atoms with E-state index in [9.17, 15) is 9.59 Å². The molecular formula is C27H28ClN3O4. The zero-order valence-electron chi connectivity index (χ0n) is 19.7. The van der Waals surface area contributed by atoms with Crippen LogP contribution < -0.4 is 25.2 Å². The lowest BCUT2D eigenvalue weighted by Gasteiger charge is -2.18. The number of halogens is 1. The van der Waals surface area contributed by atoms with Crippen LogP contribution in [0, 0.1) is 5.92 Å². The highest BCUT2D eigenvalue weighted by Crippen LogP contribution is 2.38. The second kappa shape index (κ2) is 11.1. The topological polar surface area (TPSA) is 79.9 Å². The van der Waals surface area contributed by atoms with Gasteiger partial charge in [-0.3, -0.25) is 20.4 Å². The molecule has 182 valence electrons. The van der Waals surface area contributed by atoms with Gasteiger partial charge < -0.3 is 14.4 Å². The quantitative estimate of drug-likeness (QED) is 0.411. The number of aryl methyl sites for hydroxylation is 1. The molecule has 2 N–H and O–H groups in total. The van der Waals surface area contributed by atoms with Crippen LogP contribution >= 0.6 is 11.6 Å². The van der Waals surface area contributed by atoms with Crippen LogP contribution in [0.1, 0.15) is 24.5 Å². The summed E-state index contributed by atoms with van der Waals surface area (Å²) in [6.45, 7) is 2.75. The van der Waals surface area contributed by atoms with Crippen molar-refractivity contribution in [2.45, 2.75) is 26.4 Å². The number of rotatable bonds is 9. The van der Waals surface area contributed by atoms with Crippen molar-refractivity contribution >= 4 is 34.8 Å². The third kappa shape index (κ3) is 5.87. The summed E-state index contributed by atoms with van der Waals surface area (Å²) in [4.78, 5) is 26.9. The van der Waals surface area contributed by atoms with E-state index in [0.29, 0.717) is 35.4 Å². The Hall–Kier alpha value is -3.71. The molecular weight excluding hydrogens is 466 g/mol. The molecule has 1 aliphatic rings. The van der Waals surface area contributed by atoms with Crippen molar-refractivity contribution in [3.05, 3.63) is 82.9 Å². The lowest BCUT2D eigenvalue weighted by Crippen LogP contribution is -2.36. The highest BCUT2D eigenvalue weighted by Gasteiger charge is 2.35. The average molecular weight is 494 g/mol. The number of ether oxygens (including phenoxy) is 2. The molecule has 0 unspecified atom stereocenters. The maximum absolute atomic E-state index is 12.8. The predicted molar refractivity (Wildman–Crippen MR) is 137 cm³/mol. The van der Waals surface area contributed by atoms with Crippen LogP contribution in [0.4, 0.5) is 11.4 Å². The summed E-state index contributed by atoms with van der Waals surface area (Å²) in [5.74, 6) is 0.0418. The molecule has 7 nitrogen and oxygen atoms in total. The predicted octanol–water partition coefficient (Wildman–Crippen LogP) is 4.99. The molecule has 35 heavy (non-hydrogen) atoms. The van der Waals surface area contributed by atoms with E-state index in [1.165, 1.54) is 12.7 Å². The Morgan fingerprint density at radius 3 is 2.51 bits per heavy atom. The van der Waals surface area contributed by atoms with Crippen molar-refractivity contribution in [3.8, 4) is 11.5 Å². The average Bonchev–Trinajstić information content (AvgIpc) is 3.28. The number of amides is 2. The molecule has 8 heteroatoms. The SMILES string of the molecule is CCc1ccc(N2C[C@H](C(=O)NNc3cc(Cl)c(OCc4ccccc4)c(OC)c3)CC2=O)cc1. The van der Waals surface area contributed by atoms with Crippen LogP contribution in [0.2, 0.25) is 5.02 Å². The first-order valence-electron chi connectivity index (χ1n) is 11.5. The Balaban J connectivity index is 1.36. The first-order chi connectivity index (χ1) is 17.0. The third-order valence-corrected chi connectivity index (χ3v) is 6.22. The Labute approximate surface area is 210 Å². The minimum Gasteiger partial charge on any atom is -0.493 e. The van der Waals surface area contributed by atoms with E-state index >= 15 is 0 Å². The molecule has 4 rings (SSSR count). The van der Waals surface area contributed by atoms with Crippen LogP contribution in [-0.4, -0.2) is 25.5 Å². The van der Waals surface area contributed by atoms with E-state index < -0.39 is 5.92 Å². The largest absolute Gasteiger partial charge is 0.493 e. The highest BCUT2D eigenvalue weighted by atomic mass is 35.5. The molecule has 2 amide bonds. The number of benzene rings is 3. The molecule has 1 fully saturated rings. The molecule has 0 aliphatic carbocycles. The molecule has 1 heterocycles. The maximum Gasteiger partial charge on any atom is 0.243 e. The molecule has 0 aromatic heterocycles. The maximum atomic E-state index is 12.8. The van der Waals surface area contributed by atoms with Crippen LogP contribution in [0.15, 0.2) is 66.7 Å². The summed E-state index contributed by atoms with van der Waals surface area (Å²) in [6, 6.07) is 20.9. The molecule has 0 radical (unpaired) electrons. The fourth-order valence-corrected chi connectivity index (χ4v) is 4.21. The van der Waals surface area contributed by atoms with Crippen LogP contribution in [-0.2, 0) is 22.6 Å². The molecule has 3 aromatic rings. The summed E-state index contributed by atoms with van der Waals surface area (Å²) in [5.41, 5.74) is 9.09. The summed E-state index contributed by atoms with van der Waals surface area (Å²) >= 11 is 6.44. The molecule has 3 aromatic carbocycles. The lowest BCUT2D eigenvalue weighted by molar-refractivity contribution is -0.125. The molecule has 0 spiro atoms. The van der Waals surface area contributed by atoms with Gasteiger partial charge in [0.25, 0.3) is 0 Å². The van der Waals surface area contributed by atoms with Crippen LogP contribution in [0.25, 0.3) is 0 Å². The standard InChI is InChI=1S/C27H28ClN3O4/c1-3-18-9-11-22(12-10-18)31-16-20(13-25(31)32)27(33)30-29-21-14-23(28)26(24(15-21)34-2)35-17-19-7-5-4-6-8-19/h4-12,14-15,20,29H,3,13,16-17H2,1-2H3,(H,30,33)/t20-/m1/s1. The number of carbonyl (C=O) groups excluding carboxylic acids is 2. The van der Waals surface area contributed by atoms with E-state index in [1.54, 1.807) is 17.0 Å². The molecule has 1 saturated heterocycles. The van der Waals surface area contributed by atoms with E-state index in [2.05, 4.69) is 17.8 Å². The van der Waals surface area contributed by atoms with Gasteiger partial charge >= 0.3 is 0 Å². The van der Waals surface area contributed by atoms with E-state index in [1.807, 2.05) is 54.6 Å². The van der Waals surface area contributed by atoms with Gasteiger partial charge in [-0.1, -0.05) is 61.0 Å². The van der Waals surface area contributed by atoms with Crippen molar-refractivity contribution < 1.29 is 19.1 Å². The number of hydrazine groups is 1. The minimum absolute atomic E-state index is 0.0703. The van der Waals surface area contributed by atoms with Crippen LogP contribution in [0.3, 0.4) is 0 Å². The van der Waals surface area contributed by atoms with Gasteiger partial charge in [0.05, 0.1) is 23.7 Å². The number of hydrogen-bond donors (Lipinski definition) is 2. The van der Waals surface area contributed by atoms with E-state index in [-0.39, 0.29) is 18.2 Å². The number of hydrogen-bond acceptors (Lipinski definition) is 5. The van der Waals surface area contributed by atoms with Crippen molar-refractivity contribution in [2.24, 2.45) is 5.92 Å². The first kappa shape index (κ1) is 24.4. The molecule has 0 bridgehead atoms. The van der Waals surface area contributed by atoms with Crippen LogP contribution in [0.5, 0.6) is 11.5 Å². The smallest absolute Gasteiger partial charge is 0.243 e. The summed E-state index contributed by atoms with van der Waals surface area (Å²) in [6.07, 6.45) is 1.08. The number of nitrogens with one attached hydrogen (secondary N) is 2. The monoisotopic (exact) mass is 493 g/mol. The van der Waals surface area contributed by atoms with Gasteiger partial charge in [0.15, 0.2) is 11.5 Å². The minimum atomic E-state index is -0.466. The van der Waals surface area contributed by atoms with Crippen molar-refractivity contribution in [3.63, 3.8) is 0 Å². The molecule has 0 saturated carbocycles. The van der Waals surface area contributed by atoms with Crippen molar-refractivity contribution in [2.75, 3.05) is 24.0 Å². The molecule has 1 aliphatic heterocycles. The van der Waals surface area contributed by atoms with Gasteiger partial charge in [-0.25, -0.2) is 0 Å². The number of methoxy groups -OCH3 is 1. The third-order valence-electron chi connectivity index (χ3n) is 5.94. The number of anilines is 2. The van der Waals surface area contributed by atoms with Gasteiger partial charge in [0.1, 0.15) is 6.61 Å². The zero-order chi connectivity index (χ0) is 24.8. The molecule has 1 atom stereocenters. The summed E-state index contributed by atoms with van der Waals surface area (Å²) < 4.78 is 11.3. The Kier molecular flexibility index (Phi) is 7.77. The fourth-order valence-electron chi connectivity index (χ4n) is 3.94.